The first-order chi connectivity index (χ1) is 12.9. The van der Waals surface area contributed by atoms with Gasteiger partial charge in [-0.3, -0.25) is 9.59 Å². The Morgan fingerprint density at radius 1 is 1.30 bits per heavy atom. The van der Waals surface area contributed by atoms with Gasteiger partial charge in [0.15, 0.2) is 0 Å². The summed E-state index contributed by atoms with van der Waals surface area (Å²) in [6, 6.07) is 7.49. The first-order valence-corrected chi connectivity index (χ1v) is 10.0. The number of aromatic nitrogens is 1. The van der Waals surface area contributed by atoms with Gasteiger partial charge in [0.25, 0.3) is 5.91 Å². The predicted octanol–water partition coefficient (Wildman–Crippen LogP) is 3.77. The number of aliphatic carboxylic acids is 1. The highest BCUT2D eigenvalue weighted by atomic mass is 32.2. The van der Waals surface area contributed by atoms with Crippen LogP contribution in [-0.2, 0) is 10.5 Å². The van der Waals surface area contributed by atoms with Crippen LogP contribution in [0.4, 0.5) is 0 Å². The van der Waals surface area contributed by atoms with Crippen molar-refractivity contribution in [2.75, 3.05) is 13.1 Å². The van der Waals surface area contributed by atoms with Crippen LogP contribution in [-0.4, -0.2) is 40.1 Å². The zero-order valence-corrected chi connectivity index (χ0v) is 16.6. The van der Waals surface area contributed by atoms with Crippen molar-refractivity contribution in [3.05, 3.63) is 46.8 Å². The molecule has 0 spiro atoms. The van der Waals surface area contributed by atoms with Crippen molar-refractivity contribution >= 4 is 23.6 Å². The molecule has 1 amide bonds. The number of likely N-dealkylation sites (tertiary alicyclic amines) is 1. The fourth-order valence-electron chi connectivity index (χ4n) is 3.49. The quantitative estimate of drug-likeness (QED) is 0.785. The zero-order valence-electron chi connectivity index (χ0n) is 15.8. The van der Waals surface area contributed by atoms with Gasteiger partial charge in [0.05, 0.1) is 17.2 Å². The Morgan fingerprint density at radius 2 is 2.04 bits per heavy atom. The molecule has 6 nitrogen and oxygen atoms in total. The smallest absolute Gasteiger partial charge is 0.308 e. The summed E-state index contributed by atoms with van der Waals surface area (Å²) in [6.07, 6.45) is 0.613. The third-order valence-electron chi connectivity index (χ3n) is 4.97. The molecule has 2 heterocycles. The normalized spacial score (nSPS) is 19.9. The third-order valence-corrected chi connectivity index (χ3v) is 6.07. The first kappa shape index (κ1) is 19.5. The molecule has 1 aliphatic rings. The summed E-state index contributed by atoms with van der Waals surface area (Å²) < 4.78 is 5.21. The molecule has 7 heteroatoms. The summed E-state index contributed by atoms with van der Waals surface area (Å²) in [7, 11) is 0. The SMILES string of the molecule is Cc1noc(C)c1CSc1ccccc1C(=O)N1CC(C)CC(C(=O)O)C1. The fraction of sp³-hybridized carbons (Fsp3) is 0.450. The molecule has 1 saturated heterocycles. The van der Waals surface area contributed by atoms with E-state index >= 15 is 0 Å². The first-order valence-electron chi connectivity index (χ1n) is 9.02. The van der Waals surface area contributed by atoms with Gasteiger partial charge in [0.2, 0.25) is 0 Å². The van der Waals surface area contributed by atoms with E-state index in [-0.39, 0.29) is 18.4 Å². The molecule has 0 radical (unpaired) electrons. The lowest BCUT2D eigenvalue weighted by Gasteiger charge is -2.35. The Morgan fingerprint density at radius 3 is 2.70 bits per heavy atom. The van der Waals surface area contributed by atoms with Crippen molar-refractivity contribution in [1.29, 1.82) is 0 Å². The minimum atomic E-state index is -0.833. The number of piperidine rings is 1. The van der Waals surface area contributed by atoms with Gasteiger partial charge in [-0.1, -0.05) is 24.2 Å². The lowest BCUT2D eigenvalue weighted by molar-refractivity contribution is -0.143. The number of aryl methyl sites for hydroxylation is 2. The Hall–Kier alpha value is -2.28. The number of thioether (sulfide) groups is 1. The van der Waals surface area contributed by atoms with Gasteiger partial charge in [0.1, 0.15) is 5.76 Å². The van der Waals surface area contributed by atoms with Crippen LogP contribution in [0.5, 0.6) is 0 Å². The Labute approximate surface area is 162 Å². The molecule has 27 heavy (non-hydrogen) atoms. The number of carbonyl (C=O) groups excluding carboxylic acids is 1. The van der Waals surface area contributed by atoms with E-state index in [2.05, 4.69) is 5.16 Å². The van der Waals surface area contributed by atoms with Crippen molar-refractivity contribution in [1.82, 2.24) is 10.1 Å². The molecule has 2 unspecified atom stereocenters. The van der Waals surface area contributed by atoms with Crippen LogP contribution < -0.4 is 0 Å². The van der Waals surface area contributed by atoms with E-state index < -0.39 is 11.9 Å². The summed E-state index contributed by atoms with van der Waals surface area (Å²) in [5, 5.41) is 13.3. The topological polar surface area (TPSA) is 83.6 Å². The molecule has 2 aromatic rings. The number of carboxylic acid groups (broad SMARTS) is 1. The number of benzene rings is 1. The van der Waals surface area contributed by atoms with Gasteiger partial charge < -0.3 is 14.5 Å². The average molecular weight is 388 g/mol. The molecule has 3 rings (SSSR count). The molecule has 0 saturated carbocycles. The lowest BCUT2D eigenvalue weighted by Crippen LogP contribution is -2.45. The molecular formula is C20H24N2O4S. The number of hydrogen-bond acceptors (Lipinski definition) is 5. The van der Waals surface area contributed by atoms with Gasteiger partial charge >= 0.3 is 5.97 Å². The minimum Gasteiger partial charge on any atom is -0.481 e. The summed E-state index contributed by atoms with van der Waals surface area (Å²) in [5.74, 6) is 0.193. The summed E-state index contributed by atoms with van der Waals surface area (Å²) in [6.45, 7) is 6.64. The third kappa shape index (κ3) is 4.35. The summed E-state index contributed by atoms with van der Waals surface area (Å²) >= 11 is 1.57. The summed E-state index contributed by atoms with van der Waals surface area (Å²) in [5.41, 5.74) is 2.52. The van der Waals surface area contributed by atoms with Crippen molar-refractivity contribution < 1.29 is 19.2 Å². The number of amides is 1. The van der Waals surface area contributed by atoms with E-state index in [4.69, 9.17) is 4.52 Å². The molecule has 1 aromatic heterocycles. The van der Waals surface area contributed by atoms with Gasteiger partial charge in [-0.2, -0.15) is 0 Å². The molecule has 144 valence electrons. The van der Waals surface area contributed by atoms with E-state index in [1.54, 1.807) is 16.7 Å². The monoisotopic (exact) mass is 388 g/mol. The molecule has 1 fully saturated rings. The van der Waals surface area contributed by atoms with Crippen LogP contribution in [0.2, 0.25) is 0 Å². The standard InChI is InChI=1S/C20H24N2O4S/c1-12-8-15(20(24)25)10-22(9-12)19(23)16-6-4-5-7-18(16)27-11-17-13(2)21-26-14(17)3/h4-7,12,15H,8-11H2,1-3H3,(H,24,25). The van der Waals surface area contributed by atoms with Crippen LogP contribution >= 0.6 is 11.8 Å². The maximum absolute atomic E-state index is 13.1. The van der Waals surface area contributed by atoms with E-state index in [9.17, 15) is 14.7 Å². The van der Waals surface area contributed by atoms with Gasteiger partial charge in [0, 0.05) is 29.3 Å². The van der Waals surface area contributed by atoms with Crippen LogP contribution in [0.1, 0.15) is 40.7 Å². The molecule has 0 aliphatic carbocycles. The summed E-state index contributed by atoms with van der Waals surface area (Å²) in [4.78, 5) is 27.1. The molecule has 1 aliphatic heterocycles. The van der Waals surface area contributed by atoms with Gasteiger partial charge in [-0.15, -0.1) is 11.8 Å². The van der Waals surface area contributed by atoms with E-state index in [0.717, 1.165) is 21.9 Å². The highest BCUT2D eigenvalue weighted by Crippen LogP contribution is 2.31. The minimum absolute atomic E-state index is 0.102. The average Bonchev–Trinajstić information content (AvgIpc) is 2.97. The van der Waals surface area contributed by atoms with Crippen molar-refractivity contribution in [3.63, 3.8) is 0 Å². The van der Waals surface area contributed by atoms with Crippen molar-refractivity contribution in [3.8, 4) is 0 Å². The van der Waals surface area contributed by atoms with Crippen LogP contribution in [0.25, 0.3) is 0 Å². The Balaban J connectivity index is 1.78. The number of carboxylic acids is 1. The van der Waals surface area contributed by atoms with Crippen LogP contribution in [0.15, 0.2) is 33.7 Å². The van der Waals surface area contributed by atoms with Gasteiger partial charge in [-0.05, 0) is 38.3 Å². The molecule has 2 atom stereocenters. The second kappa shape index (κ2) is 8.17. The predicted molar refractivity (Wildman–Crippen MR) is 103 cm³/mol. The van der Waals surface area contributed by atoms with Crippen molar-refractivity contribution in [2.45, 2.75) is 37.8 Å². The van der Waals surface area contributed by atoms with Crippen LogP contribution in [0.3, 0.4) is 0 Å². The van der Waals surface area contributed by atoms with E-state index in [1.165, 1.54) is 0 Å². The van der Waals surface area contributed by atoms with E-state index in [0.29, 0.717) is 24.3 Å². The molecule has 1 aromatic carbocycles. The number of nitrogens with zero attached hydrogens (tertiary/aromatic N) is 2. The maximum Gasteiger partial charge on any atom is 0.308 e. The zero-order chi connectivity index (χ0) is 19.6. The lowest BCUT2D eigenvalue weighted by atomic mass is 9.90. The maximum atomic E-state index is 13.1. The van der Waals surface area contributed by atoms with E-state index in [1.807, 2.05) is 45.0 Å². The Bertz CT molecular complexity index is 829. The highest BCUT2D eigenvalue weighted by molar-refractivity contribution is 7.98. The molecular weight excluding hydrogens is 364 g/mol. The second-order valence-corrected chi connectivity index (χ2v) is 8.19. The Kier molecular flexibility index (Phi) is 5.89. The van der Waals surface area contributed by atoms with Crippen molar-refractivity contribution in [2.24, 2.45) is 11.8 Å². The number of hydrogen-bond donors (Lipinski definition) is 1. The molecule has 0 bridgehead atoms. The van der Waals surface area contributed by atoms with Gasteiger partial charge in [-0.25, -0.2) is 0 Å². The second-order valence-electron chi connectivity index (χ2n) is 7.17. The largest absolute Gasteiger partial charge is 0.481 e. The fourth-order valence-corrected chi connectivity index (χ4v) is 4.69. The number of rotatable bonds is 5. The molecule has 1 N–H and O–H groups in total. The van der Waals surface area contributed by atoms with Crippen LogP contribution in [0, 0.1) is 25.7 Å². The number of carbonyl (C=O) groups is 2. The highest BCUT2D eigenvalue weighted by Gasteiger charge is 2.32.